The molecule has 8 nitrogen and oxygen atoms in total. The predicted octanol–water partition coefficient (Wildman–Crippen LogP) is 1.59. The van der Waals surface area contributed by atoms with E-state index in [2.05, 4.69) is 16.0 Å². The van der Waals surface area contributed by atoms with E-state index < -0.39 is 23.3 Å². The molecule has 3 aliphatic rings. The number of para-hydroxylation sites is 1. The molecular weight excluding hydrogens is 384 g/mol. The summed E-state index contributed by atoms with van der Waals surface area (Å²) in [6.07, 6.45) is 0. The molecule has 4 amide bonds. The first kappa shape index (κ1) is 18.5. The van der Waals surface area contributed by atoms with E-state index in [-0.39, 0.29) is 23.8 Å². The lowest BCUT2D eigenvalue weighted by Gasteiger charge is -2.29. The van der Waals surface area contributed by atoms with Crippen molar-refractivity contribution < 1.29 is 19.2 Å². The second kappa shape index (κ2) is 6.24. The Morgan fingerprint density at radius 3 is 2.43 bits per heavy atom. The van der Waals surface area contributed by atoms with Gasteiger partial charge in [-0.05, 0) is 37.3 Å². The number of fused-ring (bicyclic) bond motifs is 4. The molecule has 3 heterocycles. The summed E-state index contributed by atoms with van der Waals surface area (Å²) in [4.78, 5) is 52.3. The number of benzene rings is 2. The van der Waals surface area contributed by atoms with E-state index in [1.807, 2.05) is 25.1 Å². The third kappa shape index (κ3) is 2.31. The number of hydrogen-bond donors (Lipinski definition) is 3. The van der Waals surface area contributed by atoms with E-state index in [0.29, 0.717) is 22.6 Å². The molecule has 0 bridgehead atoms. The van der Waals surface area contributed by atoms with Crippen LogP contribution in [0.3, 0.4) is 0 Å². The monoisotopic (exact) mass is 404 g/mol. The smallest absolute Gasteiger partial charge is 0.250 e. The molecule has 8 heteroatoms. The zero-order chi connectivity index (χ0) is 21.2. The Kier molecular flexibility index (Phi) is 3.85. The van der Waals surface area contributed by atoms with Crippen LogP contribution in [0.5, 0.6) is 0 Å². The highest BCUT2D eigenvalue weighted by atomic mass is 16.2. The quantitative estimate of drug-likeness (QED) is 0.659. The molecule has 2 aromatic rings. The van der Waals surface area contributed by atoms with Crippen LogP contribution < -0.4 is 20.9 Å². The van der Waals surface area contributed by atoms with E-state index in [9.17, 15) is 19.2 Å². The van der Waals surface area contributed by atoms with Gasteiger partial charge in [0.15, 0.2) is 0 Å². The maximum absolute atomic E-state index is 13.5. The van der Waals surface area contributed by atoms with Gasteiger partial charge in [0.25, 0.3) is 0 Å². The molecule has 2 aromatic carbocycles. The Hall–Kier alpha value is -3.52. The van der Waals surface area contributed by atoms with Crippen LogP contribution in [0, 0.1) is 11.8 Å². The van der Waals surface area contributed by atoms with Crippen LogP contribution in [0.4, 0.5) is 17.1 Å². The van der Waals surface area contributed by atoms with Gasteiger partial charge < -0.3 is 10.6 Å². The Labute approximate surface area is 172 Å². The Bertz CT molecular complexity index is 1110. The maximum Gasteiger partial charge on any atom is 0.250 e. The number of imide groups is 1. The largest absolute Gasteiger partial charge is 0.326 e. The number of nitrogens with zero attached hydrogens (tertiary/aromatic N) is 1. The van der Waals surface area contributed by atoms with Crippen LogP contribution in [0.1, 0.15) is 19.4 Å². The normalized spacial score (nSPS) is 29.2. The van der Waals surface area contributed by atoms with Crippen molar-refractivity contribution in [2.24, 2.45) is 11.8 Å². The molecule has 152 valence electrons. The number of nitrogens with one attached hydrogen (secondary N) is 3. The first-order chi connectivity index (χ1) is 14.3. The number of hydrogen-bond acceptors (Lipinski definition) is 5. The van der Waals surface area contributed by atoms with Gasteiger partial charge >= 0.3 is 0 Å². The minimum absolute atomic E-state index is 0.210. The molecule has 2 fully saturated rings. The van der Waals surface area contributed by atoms with Gasteiger partial charge in [0.1, 0.15) is 5.54 Å². The lowest BCUT2D eigenvalue weighted by atomic mass is 9.76. The SMILES string of the molecule is CC(=O)Nc1ccc(N2C(=O)[C@@H]3[C@H](C)N[C@]4(C(=O)Nc5ccccc54)[C@@H]3C2=O)cc1. The molecular formula is C22H20N4O4. The fourth-order valence-electron chi connectivity index (χ4n) is 5.07. The number of carbonyl (C=O) groups is 4. The van der Waals surface area contributed by atoms with Gasteiger partial charge in [-0.1, -0.05) is 18.2 Å². The maximum atomic E-state index is 13.5. The third-order valence-electron chi connectivity index (χ3n) is 6.22. The zero-order valence-electron chi connectivity index (χ0n) is 16.4. The number of amides is 4. The Balaban J connectivity index is 1.56. The zero-order valence-corrected chi connectivity index (χ0v) is 16.4. The fourth-order valence-corrected chi connectivity index (χ4v) is 5.07. The standard InChI is InChI=1S/C22H20N4O4/c1-11-17-18(22(25-11)15-5-3-4-6-16(15)24-21(22)30)20(29)26(19(17)28)14-9-7-13(8-10-14)23-12(2)27/h3-11,17-18,25H,1-2H3,(H,23,27)(H,24,30)/t11-,17+,18-,22-/m0/s1. The van der Waals surface area contributed by atoms with Crippen LogP contribution in [0.2, 0.25) is 0 Å². The highest BCUT2D eigenvalue weighted by Crippen LogP contribution is 2.53. The van der Waals surface area contributed by atoms with Gasteiger partial charge in [0.05, 0.1) is 17.5 Å². The Morgan fingerprint density at radius 1 is 1.03 bits per heavy atom. The highest BCUT2D eigenvalue weighted by Gasteiger charge is 2.69. The van der Waals surface area contributed by atoms with Crippen molar-refractivity contribution in [3.8, 4) is 0 Å². The topological polar surface area (TPSA) is 108 Å². The van der Waals surface area contributed by atoms with Gasteiger partial charge in [0, 0.05) is 29.9 Å². The van der Waals surface area contributed by atoms with Crippen molar-refractivity contribution in [1.82, 2.24) is 5.32 Å². The summed E-state index contributed by atoms with van der Waals surface area (Å²) in [5.41, 5.74) is 1.07. The molecule has 3 N–H and O–H groups in total. The molecule has 0 unspecified atom stereocenters. The van der Waals surface area contributed by atoms with Crippen molar-refractivity contribution >= 4 is 40.7 Å². The molecule has 5 rings (SSSR count). The molecule has 2 saturated heterocycles. The van der Waals surface area contributed by atoms with Crippen molar-refractivity contribution in [2.75, 3.05) is 15.5 Å². The highest BCUT2D eigenvalue weighted by molar-refractivity contribution is 6.25. The summed E-state index contributed by atoms with van der Waals surface area (Å²) in [7, 11) is 0. The average Bonchev–Trinajstić information content (AvgIpc) is 3.27. The second-order valence-corrected chi connectivity index (χ2v) is 7.98. The van der Waals surface area contributed by atoms with Crippen LogP contribution in [-0.4, -0.2) is 29.7 Å². The predicted molar refractivity (Wildman–Crippen MR) is 110 cm³/mol. The van der Waals surface area contributed by atoms with E-state index in [0.717, 1.165) is 0 Å². The number of rotatable bonds is 2. The first-order valence-corrected chi connectivity index (χ1v) is 9.78. The van der Waals surface area contributed by atoms with Crippen LogP contribution in [0.15, 0.2) is 48.5 Å². The van der Waals surface area contributed by atoms with Gasteiger partial charge in [-0.15, -0.1) is 0 Å². The van der Waals surface area contributed by atoms with Gasteiger partial charge in [0.2, 0.25) is 23.6 Å². The van der Waals surface area contributed by atoms with E-state index in [4.69, 9.17) is 0 Å². The van der Waals surface area contributed by atoms with Gasteiger partial charge in [-0.2, -0.15) is 0 Å². The third-order valence-corrected chi connectivity index (χ3v) is 6.22. The number of anilines is 3. The van der Waals surface area contributed by atoms with Gasteiger partial charge in [-0.25, -0.2) is 4.90 Å². The average molecular weight is 404 g/mol. The fraction of sp³-hybridized carbons (Fsp3) is 0.273. The molecule has 1 spiro atoms. The molecule has 30 heavy (non-hydrogen) atoms. The minimum Gasteiger partial charge on any atom is -0.326 e. The van der Waals surface area contributed by atoms with E-state index in [1.165, 1.54) is 11.8 Å². The summed E-state index contributed by atoms with van der Waals surface area (Å²) < 4.78 is 0. The van der Waals surface area contributed by atoms with Crippen molar-refractivity contribution in [1.29, 1.82) is 0 Å². The molecule has 4 atom stereocenters. The molecule has 0 radical (unpaired) electrons. The van der Waals surface area contributed by atoms with Crippen molar-refractivity contribution in [3.05, 3.63) is 54.1 Å². The summed E-state index contributed by atoms with van der Waals surface area (Å²) in [6, 6.07) is 13.4. The molecule has 3 aliphatic heterocycles. The van der Waals surface area contributed by atoms with Crippen LogP contribution >= 0.6 is 0 Å². The minimum atomic E-state index is -1.27. The van der Waals surface area contributed by atoms with Crippen molar-refractivity contribution in [2.45, 2.75) is 25.4 Å². The second-order valence-electron chi connectivity index (χ2n) is 7.98. The lowest BCUT2D eigenvalue weighted by molar-refractivity contribution is -0.130. The van der Waals surface area contributed by atoms with Crippen LogP contribution in [-0.2, 0) is 24.7 Å². The van der Waals surface area contributed by atoms with E-state index >= 15 is 0 Å². The van der Waals surface area contributed by atoms with Crippen molar-refractivity contribution in [3.63, 3.8) is 0 Å². The first-order valence-electron chi connectivity index (χ1n) is 9.78. The van der Waals surface area contributed by atoms with E-state index in [1.54, 1.807) is 30.3 Å². The Morgan fingerprint density at radius 2 is 1.73 bits per heavy atom. The molecule has 0 aliphatic carbocycles. The summed E-state index contributed by atoms with van der Waals surface area (Å²) in [5, 5.41) is 8.79. The molecule has 0 aromatic heterocycles. The summed E-state index contributed by atoms with van der Waals surface area (Å²) in [6.45, 7) is 3.23. The lowest BCUT2D eigenvalue weighted by Crippen LogP contribution is -2.53. The van der Waals surface area contributed by atoms with Crippen LogP contribution in [0.25, 0.3) is 0 Å². The van der Waals surface area contributed by atoms with Gasteiger partial charge in [-0.3, -0.25) is 24.5 Å². The summed E-state index contributed by atoms with van der Waals surface area (Å²) in [5.74, 6) is -2.74. The number of carbonyl (C=O) groups excluding carboxylic acids is 4. The molecule has 0 saturated carbocycles. The summed E-state index contributed by atoms with van der Waals surface area (Å²) >= 11 is 0.